The molecule has 1 fully saturated rings. The molecule has 0 saturated carbocycles. The maximum absolute atomic E-state index is 12.9. The summed E-state index contributed by atoms with van der Waals surface area (Å²) in [7, 11) is 0. The molecule has 1 aromatic heterocycles. The highest BCUT2D eigenvalue weighted by Gasteiger charge is 2.31. The Balaban J connectivity index is 1.17. The predicted octanol–water partition coefficient (Wildman–Crippen LogP) is 8.03. The number of carbonyl (C=O) groups excluding carboxylic acids is 1. The Labute approximate surface area is 271 Å². The first-order valence-electron chi connectivity index (χ1n) is 15.1. The summed E-state index contributed by atoms with van der Waals surface area (Å²) in [6, 6.07) is 17.5. The standard InChI is InChI=1S/C34H37F3N6O2S/c1-21-16-23(3)30(24(4)17-21)43-25(5)14-15-46-33(43)40-32(44)38-19-22(2)18-26-6-8-27(9-7-26)31-39-20-42(41-31)28-10-12-29(13-11-28)45-34(35,36)37/h6-13,16-17,20,22,25H,14-15,18-19H2,1-5H3,(H,38,44)/b40-33-. The number of amidine groups is 1. The first-order valence-corrected chi connectivity index (χ1v) is 16.1. The third kappa shape index (κ3) is 8.28. The molecule has 2 heterocycles. The molecule has 2 atom stereocenters. The molecule has 1 N–H and O–H groups in total. The van der Waals surface area contributed by atoms with E-state index in [1.54, 1.807) is 11.8 Å². The van der Waals surface area contributed by atoms with E-state index in [4.69, 9.17) is 0 Å². The number of nitrogens with one attached hydrogen (secondary N) is 1. The number of carbonyl (C=O) groups is 1. The first-order chi connectivity index (χ1) is 21.9. The van der Waals surface area contributed by atoms with Gasteiger partial charge in [0.15, 0.2) is 11.0 Å². The van der Waals surface area contributed by atoms with Crippen molar-refractivity contribution in [1.82, 2.24) is 20.1 Å². The van der Waals surface area contributed by atoms with E-state index >= 15 is 0 Å². The maximum Gasteiger partial charge on any atom is 0.573 e. The van der Waals surface area contributed by atoms with Crippen molar-refractivity contribution in [3.63, 3.8) is 0 Å². The first kappa shape index (κ1) is 33.1. The second-order valence-corrected chi connectivity index (χ2v) is 12.8. The number of nitrogens with zero attached hydrogens (tertiary/aromatic N) is 5. The van der Waals surface area contributed by atoms with Crippen LogP contribution in [0.4, 0.5) is 23.7 Å². The second kappa shape index (κ2) is 14.0. The summed E-state index contributed by atoms with van der Waals surface area (Å²) >= 11 is 1.62. The average Bonchev–Trinajstić information content (AvgIpc) is 3.47. The summed E-state index contributed by atoms with van der Waals surface area (Å²) in [4.78, 5) is 24.0. The number of aliphatic imine (C=N–C) groups is 1. The van der Waals surface area contributed by atoms with E-state index in [2.05, 4.69) is 76.8 Å². The smallest absolute Gasteiger partial charge is 0.406 e. The van der Waals surface area contributed by atoms with Gasteiger partial charge >= 0.3 is 12.4 Å². The second-order valence-electron chi connectivity index (χ2n) is 11.7. The Morgan fingerprint density at radius 2 is 1.76 bits per heavy atom. The molecule has 5 rings (SSSR count). The van der Waals surface area contributed by atoms with Crippen molar-refractivity contribution >= 4 is 28.6 Å². The van der Waals surface area contributed by atoms with E-state index in [9.17, 15) is 18.0 Å². The lowest BCUT2D eigenvalue weighted by atomic mass is 10.00. The van der Waals surface area contributed by atoms with Crippen LogP contribution in [0.1, 0.15) is 42.5 Å². The zero-order valence-corrected chi connectivity index (χ0v) is 27.2. The van der Waals surface area contributed by atoms with Gasteiger partial charge < -0.3 is 15.0 Å². The Bertz CT molecular complexity index is 1680. The lowest BCUT2D eigenvalue weighted by Crippen LogP contribution is -2.43. The number of rotatable bonds is 8. The fraction of sp³-hybridized carbons (Fsp3) is 0.353. The van der Waals surface area contributed by atoms with Crippen molar-refractivity contribution in [2.24, 2.45) is 10.9 Å². The number of hydrogen-bond donors (Lipinski definition) is 1. The van der Waals surface area contributed by atoms with Crippen molar-refractivity contribution in [2.75, 3.05) is 17.2 Å². The normalized spacial score (nSPS) is 16.8. The van der Waals surface area contributed by atoms with E-state index in [-0.39, 0.29) is 23.7 Å². The Kier molecular flexibility index (Phi) is 10.0. The van der Waals surface area contributed by atoms with Gasteiger partial charge in [-0.2, -0.15) is 4.99 Å². The molecule has 0 aliphatic carbocycles. The number of hydrogen-bond acceptors (Lipinski definition) is 5. The number of amides is 2. The van der Waals surface area contributed by atoms with Crippen molar-refractivity contribution in [2.45, 2.75) is 59.9 Å². The Morgan fingerprint density at radius 3 is 2.41 bits per heavy atom. The van der Waals surface area contributed by atoms with Crippen molar-refractivity contribution < 1.29 is 22.7 Å². The third-order valence-corrected chi connectivity index (χ3v) is 8.70. The maximum atomic E-state index is 12.9. The summed E-state index contributed by atoms with van der Waals surface area (Å²) in [5.74, 6) is 1.28. The number of benzene rings is 3. The number of thioether (sulfide) groups is 1. The minimum Gasteiger partial charge on any atom is -0.406 e. The fourth-order valence-corrected chi connectivity index (χ4v) is 6.83. The molecule has 0 radical (unpaired) electrons. The molecule has 3 aromatic carbocycles. The van der Waals surface area contributed by atoms with Gasteiger partial charge in [-0.1, -0.05) is 60.6 Å². The molecule has 1 saturated heterocycles. The van der Waals surface area contributed by atoms with Crippen molar-refractivity contribution in [3.05, 3.63) is 89.2 Å². The molecule has 12 heteroatoms. The zero-order chi connectivity index (χ0) is 33.0. The van der Waals surface area contributed by atoms with Gasteiger partial charge in [-0.05, 0) is 87.4 Å². The highest BCUT2D eigenvalue weighted by molar-refractivity contribution is 8.14. The summed E-state index contributed by atoms with van der Waals surface area (Å²) < 4.78 is 42.7. The molecule has 1 aliphatic rings. The number of anilines is 1. The molecule has 2 amide bonds. The number of aromatic nitrogens is 3. The molecule has 2 unspecified atom stereocenters. The SMILES string of the molecule is Cc1cc(C)c(N2/C(=N/C(=O)NCC(C)Cc3ccc(-c4ncn(-c5ccc(OC(F)(F)F)cc5)n4)cc3)SCCC2C)c(C)c1. The number of alkyl halides is 3. The summed E-state index contributed by atoms with van der Waals surface area (Å²) in [6.45, 7) is 11.1. The molecular weight excluding hydrogens is 613 g/mol. The fourth-order valence-electron chi connectivity index (χ4n) is 5.64. The van der Waals surface area contributed by atoms with E-state index < -0.39 is 6.36 Å². The van der Waals surface area contributed by atoms with Crippen molar-refractivity contribution in [3.8, 4) is 22.8 Å². The van der Waals surface area contributed by atoms with Gasteiger partial charge in [-0.15, -0.1) is 18.3 Å². The van der Waals surface area contributed by atoms with Crippen molar-refractivity contribution in [1.29, 1.82) is 0 Å². The Hall–Kier alpha value is -4.32. The molecule has 0 bridgehead atoms. The number of ether oxygens (including phenoxy) is 1. The molecule has 46 heavy (non-hydrogen) atoms. The van der Waals surface area contributed by atoms with Crippen LogP contribution >= 0.6 is 11.8 Å². The van der Waals surface area contributed by atoms with Crippen LogP contribution in [-0.2, 0) is 6.42 Å². The molecular formula is C34H37F3N6O2S. The van der Waals surface area contributed by atoms with E-state index in [1.807, 2.05) is 24.3 Å². The minimum atomic E-state index is -4.75. The molecule has 4 aromatic rings. The van der Waals surface area contributed by atoms with Gasteiger partial charge in [-0.3, -0.25) is 0 Å². The average molecular weight is 651 g/mol. The summed E-state index contributed by atoms with van der Waals surface area (Å²) in [5, 5.41) is 8.19. The van der Waals surface area contributed by atoms with Gasteiger partial charge in [0.2, 0.25) is 0 Å². The Morgan fingerprint density at radius 1 is 1.09 bits per heavy atom. The van der Waals surface area contributed by atoms with Crippen LogP contribution in [0.2, 0.25) is 0 Å². The van der Waals surface area contributed by atoms with Gasteiger partial charge in [0.05, 0.1) is 5.69 Å². The van der Waals surface area contributed by atoms with Gasteiger partial charge in [0.1, 0.15) is 12.1 Å². The topological polar surface area (TPSA) is 84.6 Å². The van der Waals surface area contributed by atoms with Gasteiger partial charge in [0, 0.05) is 29.6 Å². The quantitative estimate of drug-likeness (QED) is 0.208. The minimum absolute atomic E-state index is 0.173. The highest BCUT2D eigenvalue weighted by Crippen LogP contribution is 2.34. The summed E-state index contributed by atoms with van der Waals surface area (Å²) in [6.07, 6.45) is -1.47. The van der Waals surface area contributed by atoms with Gasteiger partial charge in [-0.25, -0.2) is 14.5 Å². The molecule has 1 aliphatic heterocycles. The highest BCUT2D eigenvalue weighted by atomic mass is 32.2. The lowest BCUT2D eigenvalue weighted by Gasteiger charge is -2.37. The lowest BCUT2D eigenvalue weighted by molar-refractivity contribution is -0.274. The van der Waals surface area contributed by atoms with E-state index in [0.29, 0.717) is 18.1 Å². The van der Waals surface area contributed by atoms with Crippen LogP contribution in [0.3, 0.4) is 0 Å². The number of aryl methyl sites for hydroxylation is 3. The zero-order valence-electron chi connectivity index (χ0n) is 26.4. The van der Waals surface area contributed by atoms with Crippen LogP contribution in [0.5, 0.6) is 5.75 Å². The van der Waals surface area contributed by atoms with Gasteiger partial charge in [0.25, 0.3) is 0 Å². The molecule has 242 valence electrons. The molecule has 0 spiro atoms. The predicted molar refractivity (Wildman–Crippen MR) is 177 cm³/mol. The van der Waals surface area contributed by atoms with E-state index in [0.717, 1.165) is 40.6 Å². The van der Waals surface area contributed by atoms with Crippen LogP contribution in [0, 0.1) is 26.7 Å². The monoisotopic (exact) mass is 650 g/mol. The number of halogens is 3. The number of urea groups is 1. The molecule has 8 nitrogen and oxygen atoms in total. The van der Waals surface area contributed by atoms with Crippen LogP contribution < -0.4 is 15.0 Å². The van der Waals surface area contributed by atoms with Crippen LogP contribution in [-0.4, -0.2) is 50.7 Å². The largest absolute Gasteiger partial charge is 0.573 e. The third-order valence-electron chi connectivity index (χ3n) is 7.71. The summed E-state index contributed by atoms with van der Waals surface area (Å²) in [5.41, 5.74) is 7.16. The van der Waals surface area contributed by atoms with Crippen LogP contribution in [0.15, 0.2) is 72.0 Å². The van der Waals surface area contributed by atoms with Crippen LogP contribution in [0.25, 0.3) is 17.1 Å². The van der Waals surface area contributed by atoms with E-state index in [1.165, 1.54) is 52.0 Å².